The van der Waals surface area contributed by atoms with Gasteiger partial charge in [-0.2, -0.15) is 11.8 Å². The summed E-state index contributed by atoms with van der Waals surface area (Å²) in [5.41, 5.74) is 2.52. The first-order valence-electron chi connectivity index (χ1n) is 5.70. The highest BCUT2D eigenvalue weighted by molar-refractivity contribution is 9.10. The van der Waals surface area contributed by atoms with E-state index in [4.69, 9.17) is 0 Å². The van der Waals surface area contributed by atoms with Gasteiger partial charge in [0.05, 0.1) is 4.92 Å². The zero-order chi connectivity index (χ0) is 13.7. The first-order valence-corrected chi connectivity index (χ1v) is 7.65. The number of non-ortho nitro benzene ring substituents is 1. The van der Waals surface area contributed by atoms with Gasteiger partial charge in [0, 0.05) is 28.1 Å². The van der Waals surface area contributed by atoms with Crippen LogP contribution in [0, 0.1) is 10.1 Å². The number of nitro benzene ring substituents is 1. The number of thioether (sulfide) groups is 1. The fraction of sp³-hybridized carbons (Fsp3) is 0.143. The Hall–Kier alpha value is -1.33. The average molecular weight is 338 g/mol. The Balaban J connectivity index is 1.85. The molecule has 0 saturated heterocycles. The van der Waals surface area contributed by atoms with E-state index >= 15 is 0 Å². The van der Waals surface area contributed by atoms with Crippen LogP contribution in [-0.2, 0) is 11.5 Å². The molecule has 0 heterocycles. The van der Waals surface area contributed by atoms with Gasteiger partial charge >= 0.3 is 0 Å². The lowest BCUT2D eigenvalue weighted by molar-refractivity contribution is -0.384. The van der Waals surface area contributed by atoms with Gasteiger partial charge in [0.1, 0.15) is 0 Å². The number of nitro groups is 1. The molecule has 0 amide bonds. The van der Waals surface area contributed by atoms with Crippen molar-refractivity contribution in [1.82, 2.24) is 0 Å². The van der Waals surface area contributed by atoms with Crippen molar-refractivity contribution in [2.24, 2.45) is 0 Å². The van der Waals surface area contributed by atoms with E-state index in [9.17, 15) is 10.1 Å². The van der Waals surface area contributed by atoms with Crippen molar-refractivity contribution >= 4 is 33.4 Å². The molecule has 0 bridgehead atoms. The minimum absolute atomic E-state index is 0.140. The van der Waals surface area contributed by atoms with Crippen molar-refractivity contribution in [2.45, 2.75) is 11.5 Å². The molecular weight excluding hydrogens is 326 g/mol. The molecule has 0 fully saturated rings. The molecule has 0 aromatic heterocycles. The zero-order valence-electron chi connectivity index (χ0n) is 10.1. The molecule has 2 aromatic carbocycles. The summed E-state index contributed by atoms with van der Waals surface area (Å²) >= 11 is 5.20. The van der Waals surface area contributed by atoms with Gasteiger partial charge in [0.25, 0.3) is 5.69 Å². The molecule has 3 nitrogen and oxygen atoms in total. The normalized spacial score (nSPS) is 10.4. The maximum absolute atomic E-state index is 10.5. The second kappa shape index (κ2) is 6.73. The van der Waals surface area contributed by atoms with Gasteiger partial charge in [-0.1, -0.05) is 40.2 Å². The summed E-state index contributed by atoms with van der Waals surface area (Å²) in [5.74, 6) is 1.79. The van der Waals surface area contributed by atoms with Gasteiger partial charge in [-0.05, 0) is 23.3 Å². The fourth-order valence-electron chi connectivity index (χ4n) is 1.58. The Kier molecular flexibility index (Phi) is 4.99. The number of benzene rings is 2. The molecule has 5 heteroatoms. The molecule has 0 radical (unpaired) electrons. The highest BCUT2D eigenvalue weighted by Crippen LogP contribution is 2.21. The predicted molar refractivity (Wildman–Crippen MR) is 82.2 cm³/mol. The number of rotatable bonds is 5. The molecule has 0 N–H and O–H groups in total. The number of hydrogen-bond acceptors (Lipinski definition) is 3. The smallest absolute Gasteiger partial charge is 0.258 e. The maximum Gasteiger partial charge on any atom is 0.269 e. The van der Waals surface area contributed by atoms with E-state index in [-0.39, 0.29) is 10.6 Å². The monoisotopic (exact) mass is 337 g/mol. The lowest BCUT2D eigenvalue weighted by Crippen LogP contribution is -1.88. The largest absolute Gasteiger partial charge is 0.269 e. The van der Waals surface area contributed by atoms with Crippen LogP contribution in [0.3, 0.4) is 0 Å². The lowest BCUT2D eigenvalue weighted by atomic mass is 10.2. The maximum atomic E-state index is 10.5. The highest BCUT2D eigenvalue weighted by Gasteiger charge is 2.03. The Morgan fingerprint density at radius 1 is 0.947 bits per heavy atom. The van der Waals surface area contributed by atoms with Gasteiger partial charge in [-0.3, -0.25) is 10.1 Å². The average Bonchev–Trinajstić information content (AvgIpc) is 2.41. The highest BCUT2D eigenvalue weighted by atomic mass is 79.9. The van der Waals surface area contributed by atoms with Gasteiger partial charge in [-0.15, -0.1) is 0 Å². The third-order valence-corrected chi connectivity index (χ3v) is 4.20. The molecule has 2 aromatic rings. The summed E-state index contributed by atoms with van der Waals surface area (Å²) in [6.07, 6.45) is 0. The zero-order valence-corrected chi connectivity index (χ0v) is 12.5. The fourth-order valence-corrected chi connectivity index (χ4v) is 2.80. The number of halogens is 1. The van der Waals surface area contributed by atoms with Crippen molar-refractivity contribution in [2.75, 3.05) is 0 Å². The minimum Gasteiger partial charge on any atom is -0.258 e. The lowest BCUT2D eigenvalue weighted by Gasteiger charge is -2.02. The van der Waals surface area contributed by atoms with Crippen molar-refractivity contribution in [1.29, 1.82) is 0 Å². The SMILES string of the molecule is O=[N+]([O-])c1ccc(CSCc2ccc(Br)cc2)cc1. The molecule has 0 spiro atoms. The van der Waals surface area contributed by atoms with Crippen LogP contribution in [0.25, 0.3) is 0 Å². The van der Waals surface area contributed by atoms with Crippen molar-refractivity contribution in [3.63, 3.8) is 0 Å². The molecule has 19 heavy (non-hydrogen) atoms. The van der Waals surface area contributed by atoms with Crippen LogP contribution >= 0.6 is 27.7 Å². The molecular formula is C14H12BrNO2S. The minimum atomic E-state index is -0.376. The van der Waals surface area contributed by atoms with Crippen LogP contribution in [0.5, 0.6) is 0 Å². The molecule has 0 saturated carbocycles. The summed E-state index contributed by atoms with van der Waals surface area (Å²) in [7, 11) is 0. The van der Waals surface area contributed by atoms with Crippen LogP contribution in [0.1, 0.15) is 11.1 Å². The molecule has 98 valence electrons. The summed E-state index contributed by atoms with van der Waals surface area (Å²) < 4.78 is 1.08. The van der Waals surface area contributed by atoms with E-state index in [0.717, 1.165) is 21.5 Å². The predicted octanol–water partition coefficient (Wildman–Crippen LogP) is 4.79. The van der Waals surface area contributed by atoms with Crippen molar-refractivity contribution in [3.8, 4) is 0 Å². The molecule has 0 aliphatic carbocycles. The molecule has 0 aliphatic heterocycles. The summed E-state index contributed by atoms with van der Waals surface area (Å²) in [6.45, 7) is 0. The summed E-state index contributed by atoms with van der Waals surface area (Å²) in [4.78, 5) is 10.2. The van der Waals surface area contributed by atoms with E-state index in [1.54, 1.807) is 23.9 Å². The molecule has 0 unspecified atom stereocenters. The third kappa shape index (κ3) is 4.36. The quantitative estimate of drug-likeness (QED) is 0.581. The number of hydrogen-bond donors (Lipinski definition) is 0. The van der Waals surface area contributed by atoms with Crippen LogP contribution < -0.4 is 0 Å². The van der Waals surface area contributed by atoms with E-state index in [2.05, 4.69) is 28.1 Å². The van der Waals surface area contributed by atoms with Gasteiger partial charge < -0.3 is 0 Å². The van der Waals surface area contributed by atoms with Gasteiger partial charge in [-0.25, -0.2) is 0 Å². The number of nitrogens with zero attached hydrogens (tertiary/aromatic N) is 1. The van der Waals surface area contributed by atoms with Crippen molar-refractivity contribution in [3.05, 3.63) is 74.2 Å². The second-order valence-corrected chi connectivity index (χ2v) is 5.94. The topological polar surface area (TPSA) is 43.1 Å². The Morgan fingerprint density at radius 3 is 1.89 bits per heavy atom. The van der Waals surface area contributed by atoms with Crippen LogP contribution in [0.15, 0.2) is 53.0 Å². The molecule has 0 atom stereocenters. The Morgan fingerprint density at radius 2 is 1.42 bits per heavy atom. The van der Waals surface area contributed by atoms with E-state index in [1.165, 1.54) is 5.56 Å². The van der Waals surface area contributed by atoms with E-state index in [0.29, 0.717) is 0 Å². The van der Waals surface area contributed by atoms with E-state index in [1.807, 2.05) is 24.3 Å². The summed E-state index contributed by atoms with van der Waals surface area (Å²) in [6, 6.07) is 15.0. The third-order valence-electron chi connectivity index (χ3n) is 2.60. The van der Waals surface area contributed by atoms with Gasteiger partial charge in [0.15, 0.2) is 0 Å². The van der Waals surface area contributed by atoms with Gasteiger partial charge in [0.2, 0.25) is 0 Å². The molecule has 0 aliphatic rings. The van der Waals surface area contributed by atoms with Crippen LogP contribution in [0.4, 0.5) is 5.69 Å². The van der Waals surface area contributed by atoms with Crippen molar-refractivity contribution < 1.29 is 4.92 Å². The molecule has 2 rings (SSSR count). The Labute approximate surface area is 124 Å². The van der Waals surface area contributed by atoms with Crippen LogP contribution in [0.2, 0.25) is 0 Å². The standard InChI is InChI=1S/C14H12BrNO2S/c15-13-5-1-11(2-6-13)9-19-10-12-3-7-14(8-4-12)16(17)18/h1-8H,9-10H2. The second-order valence-electron chi connectivity index (χ2n) is 4.04. The first-order chi connectivity index (χ1) is 9.15. The van der Waals surface area contributed by atoms with Crippen LogP contribution in [-0.4, -0.2) is 4.92 Å². The summed E-state index contributed by atoms with van der Waals surface area (Å²) in [5, 5.41) is 10.5. The first kappa shape index (κ1) is 14.1. The van der Waals surface area contributed by atoms with E-state index < -0.39 is 0 Å². The Bertz CT molecular complexity index is 555.